The van der Waals surface area contributed by atoms with Gasteiger partial charge in [-0.15, -0.1) is 0 Å². The van der Waals surface area contributed by atoms with Gasteiger partial charge in [0.05, 0.1) is 25.3 Å². The summed E-state index contributed by atoms with van der Waals surface area (Å²) in [4.78, 5) is 24.7. The predicted molar refractivity (Wildman–Crippen MR) is 101 cm³/mol. The van der Waals surface area contributed by atoms with Gasteiger partial charge in [-0.05, 0) is 54.1 Å². The summed E-state index contributed by atoms with van der Waals surface area (Å²) in [6.45, 7) is -0.462. The largest absolute Gasteiger partial charge is 0.497 e. The van der Waals surface area contributed by atoms with Crippen LogP contribution in [0.4, 0.5) is 0 Å². The van der Waals surface area contributed by atoms with Gasteiger partial charge in [-0.2, -0.15) is 5.10 Å². The molecule has 0 saturated carbocycles. The van der Waals surface area contributed by atoms with Gasteiger partial charge in [0.15, 0.2) is 6.61 Å². The summed E-state index contributed by atoms with van der Waals surface area (Å²) in [5.74, 6) is 0.186. The Morgan fingerprint density at radius 3 is 2.52 bits per heavy atom. The van der Waals surface area contributed by atoms with Crippen molar-refractivity contribution in [3.05, 3.63) is 78.1 Å². The Balaban J connectivity index is 1.52. The second kappa shape index (κ2) is 8.05. The Morgan fingerprint density at radius 1 is 1.10 bits per heavy atom. The predicted octanol–water partition coefficient (Wildman–Crippen LogP) is 3.42. The molecule has 0 aliphatic carbocycles. The van der Waals surface area contributed by atoms with Crippen LogP contribution in [0.1, 0.15) is 34.3 Å². The fourth-order valence-electron chi connectivity index (χ4n) is 3.06. The van der Waals surface area contributed by atoms with Gasteiger partial charge in [-0.3, -0.25) is 4.79 Å². The van der Waals surface area contributed by atoms with E-state index in [1.54, 1.807) is 31.6 Å². The molecular formula is C21H18N2O6. The van der Waals surface area contributed by atoms with Crippen molar-refractivity contribution >= 4 is 17.6 Å². The highest BCUT2D eigenvalue weighted by atomic mass is 16.5. The molecule has 0 radical (unpaired) electrons. The number of hydrazone groups is 1. The highest BCUT2D eigenvalue weighted by Gasteiger charge is 2.35. The molecular weight excluding hydrogens is 376 g/mol. The number of methoxy groups -OCH3 is 1. The topological polar surface area (TPSA) is 94.5 Å². The normalized spacial score (nSPS) is 15.8. The summed E-state index contributed by atoms with van der Waals surface area (Å²) < 4.78 is 20.7. The summed E-state index contributed by atoms with van der Waals surface area (Å²) in [6, 6.07) is 13.6. The van der Waals surface area contributed by atoms with Crippen LogP contribution in [0.5, 0.6) is 5.75 Å². The Hall–Kier alpha value is -3.81. The van der Waals surface area contributed by atoms with Gasteiger partial charge in [-0.1, -0.05) is 0 Å². The highest BCUT2D eigenvalue weighted by Crippen LogP contribution is 2.33. The van der Waals surface area contributed by atoms with Crippen molar-refractivity contribution in [3.8, 4) is 5.75 Å². The average molecular weight is 394 g/mol. The average Bonchev–Trinajstić information content (AvgIpc) is 3.52. The van der Waals surface area contributed by atoms with Gasteiger partial charge < -0.3 is 18.3 Å². The van der Waals surface area contributed by atoms with Crippen molar-refractivity contribution in [2.45, 2.75) is 12.5 Å². The van der Waals surface area contributed by atoms with Gasteiger partial charge in [0, 0.05) is 6.42 Å². The first kappa shape index (κ1) is 18.5. The molecule has 0 N–H and O–H groups in total. The van der Waals surface area contributed by atoms with Crippen LogP contribution < -0.4 is 4.74 Å². The summed E-state index contributed by atoms with van der Waals surface area (Å²) >= 11 is 0. The molecule has 148 valence electrons. The van der Waals surface area contributed by atoms with Crippen LogP contribution in [0.15, 0.2) is 75.0 Å². The molecule has 1 aromatic carbocycles. The van der Waals surface area contributed by atoms with E-state index < -0.39 is 24.5 Å². The highest BCUT2D eigenvalue weighted by molar-refractivity contribution is 6.03. The molecule has 0 spiro atoms. The van der Waals surface area contributed by atoms with Crippen molar-refractivity contribution in [2.75, 3.05) is 13.7 Å². The van der Waals surface area contributed by atoms with E-state index in [1.165, 1.54) is 17.3 Å². The third kappa shape index (κ3) is 3.91. The quantitative estimate of drug-likeness (QED) is 0.595. The lowest BCUT2D eigenvalue weighted by atomic mass is 10.0. The standard InChI is InChI=1S/C21H18N2O6/c1-26-15-8-6-14(7-9-15)16-12-17(18-4-2-10-27-18)23(22-16)20(24)13-29-21(25)19-5-3-11-28-19/h2-11,17H,12-13H2,1H3/t17-/m0/s1. The zero-order valence-corrected chi connectivity index (χ0v) is 15.6. The number of carbonyl (C=O) groups excluding carboxylic acids is 2. The van der Waals surface area contributed by atoms with Crippen LogP contribution in [0.2, 0.25) is 0 Å². The van der Waals surface area contributed by atoms with Crippen LogP contribution >= 0.6 is 0 Å². The molecule has 0 fully saturated rings. The second-order valence-corrected chi connectivity index (χ2v) is 6.30. The number of carbonyl (C=O) groups is 2. The van der Waals surface area contributed by atoms with Gasteiger partial charge in [0.25, 0.3) is 5.91 Å². The van der Waals surface area contributed by atoms with Crippen LogP contribution in [0, 0.1) is 0 Å². The number of esters is 1. The molecule has 1 atom stereocenters. The minimum absolute atomic E-state index is 0.0317. The third-order valence-electron chi connectivity index (χ3n) is 4.51. The number of hydrogen-bond acceptors (Lipinski definition) is 7. The summed E-state index contributed by atoms with van der Waals surface area (Å²) in [7, 11) is 1.60. The Labute approximate surface area is 166 Å². The number of nitrogens with zero attached hydrogens (tertiary/aromatic N) is 2. The lowest BCUT2D eigenvalue weighted by Crippen LogP contribution is -2.31. The van der Waals surface area contributed by atoms with Crippen molar-refractivity contribution in [1.29, 1.82) is 0 Å². The van der Waals surface area contributed by atoms with Crippen molar-refractivity contribution in [3.63, 3.8) is 0 Å². The first-order valence-electron chi connectivity index (χ1n) is 8.93. The third-order valence-corrected chi connectivity index (χ3v) is 4.51. The molecule has 1 aliphatic heterocycles. The Morgan fingerprint density at radius 2 is 1.86 bits per heavy atom. The number of amides is 1. The van der Waals surface area contributed by atoms with E-state index in [-0.39, 0.29) is 5.76 Å². The summed E-state index contributed by atoms with van der Waals surface area (Å²) in [5, 5.41) is 5.78. The summed E-state index contributed by atoms with van der Waals surface area (Å²) in [6.07, 6.45) is 3.37. The van der Waals surface area contributed by atoms with Gasteiger partial charge in [0.2, 0.25) is 5.76 Å². The molecule has 2 aromatic heterocycles. The first-order valence-corrected chi connectivity index (χ1v) is 8.93. The lowest BCUT2D eigenvalue weighted by Gasteiger charge is -2.19. The molecule has 0 unspecified atom stereocenters. The number of benzene rings is 1. The zero-order valence-electron chi connectivity index (χ0n) is 15.6. The van der Waals surface area contributed by atoms with Crippen molar-refractivity contribution in [2.24, 2.45) is 5.10 Å². The lowest BCUT2D eigenvalue weighted by molar-refractivity contribution is -0.136. The molecule has 4 rings (SSSR count). The maximum Gasteiger partial charge on any atom is 0.374 e. The van der Waals surface area contributed by atoms with Crippen LogP contribution in [-0.2, 0) is 9.53 Å². The molecule has 8 heteroatoms. The molecule has 8 nitrogen and oxygen atoms in total. The van der Waals surface area contributed by atoms with Crippen molar-refractivity contribution in [1.82, 2.24) is 5.01 Å². The molecule has 0 saturated heterocycles. The van der Waals surface area contributed by atoms with Crippen LogP contribution in [0.25, 0.3) is 0 Å². The SMILES string of the molecule is COc1ccc(C2=NN(C(=O)COC(=O)c3ccco3)[C@H](c3ccco3)C2)cc1. The Bertz CT molecular complexity index is 1010. The van der Waals surface area contributed by atoms with E-state index >= 15 is 0 Å². The van der Waals surface area contributed by atoms with E-state index in [4.69, 9.17) is 18.3 Å². The maximum absolute atomic E-state index is 12.8. The van der Waals surface area contributed by atoms with Crippen LogP contribution in [0.3, 0.4) is 0 Å². The molecule has 1 amide bonds. The molecule has 3 aromatic rings. The van der Waals surface area contributed by atoms with E-state index in [0.717, 1.165) is 17.0 Å². The Kier molecular flexibility index (Phi) is 5.15. The van der Waals surface area contributed by atoms with Crippen LogP contribution in [-0.4, -0.2) is 36.3 Å². The van der Waals surface area contributed by atoms with E-state index in [2.05, 4.69) is 5.10 Å². The maximum atomic E-state index is 12.8. The summed E-state index contributed by atoms with van der Waals surface area (Å²) in [5.41, 5.74) is 1.59. The molecule has 29 heavy (non-hydrogen) atoms. The number of hydrogen-bond donors (Lipinski definition) is 0. The number of furan rings is 2. The van der Waals surface area contributed by atoms with E-state index in [9.17, 15) is 9.59 Å². The number of rotatable bonds is 6. The van der Waals surface area contributed by atoms with E-state index in [0.29, 0.717) is 12.2 Å². The smallest absolute Gasteiger partial charge is 0.374 e. The minimum Gasteiger partial charge on any atom is -0.497 e. The minimum atomic E-state index is -0.712. The molecule has 0 bridgehead atoms. The van der Waals surface area contributed by atoms with Gasteiger partial charge in [0.1, 0.15) is 17.6 Å². The van der Waals surface area contributed by atoms with Gasteiger partial charge >= 0.3 is 5.97 Å². The molecule has 1 aliphatic rings. The van der Waals surface area contributed by atoms with Crippen molar-refractivity contribution < 1.29 is 27.9 Å². The first-order chi connectivity index (χ1) is 14.2. The fourth-order valence-corrected chi connectivity index (χ4v) is 3.06. The number of ether oxygens (including phenoxy) is 2. The van der Waals surface area contributed by atoms with Gasteiger partial charge in [-0.25, -0.2) is 9.80 Å². The second-order valence-electron chi connectivity index (χ2n) is 6.30. The zero-order chi connectivity index (χ0) is 20.2. The fraction of sp³-hybridized carbons (Fsp3) is 0.190. The van der Waals surface area contributed by atoms with E-state index in [1.807, 2.05) is 24.3 Å². The molecule has 3 heterocycles. The monoisotopic (exact) mass is 394 g/mol.